The molecule has 2 amide bonds. The van der Waals surface area contributed by atoms with Crippen molar-refractivity contribution in [2.24, 2.45) is 0 Å². The molecule has 0 aliphatic rings. The molecule has 10 nitrogen and oxygen atoms in total. The maximum absolute atomic E-state index is 12.6. The number of carbonyl (C=O) groups excluding carboxylic acids is 2. The second-order valence-corrected chi connectivity index (χ2v) is 16.5. The summed E-state index contributed by atoms with van der Waals surface area (Å²) in [6, 6.07) is 5.16. The van der Waals surface area contributed by atoms with E-state index in [0.717, 1.165) is 6.04 Å². The molecule has 2 rings (SSSR count). The lowest BCUT2D eigenvalue weighted by Crippen LogP contribution is -2.36. The maximum Gasteiger partial charge on any atom is 0.411 e. The maximum atomic E-state index is 12.6. The van der Waals surface area contributed by atoms with Gasteiger partial charge in [-0.2, -0.15) is 0 Å². The second-order valence-electron chi connectivity index (χ2n) is 10.9. The SMILES string of the molecule is C=CC[C@H](NC(=O)OC(C)(C)C)c1nc(-c2ccc(NC(=O)OC)cc2O)cn1COCC[Si](C)(C)C. The van der Waals surface area contributed by atoms with Crippen LogP contribution in [0, 0.1) is 0 Å². The molecule has 204 valence electrons. The fraction of sp³-hybridized carbons (Fsp3) is 0.500. The monoisotopic (exact) mass is 532 g/mol. The third-order valence-corrected chi connectivity index (χ3v) is 6.85. The molecule has 0 unspecified atom stereocenters. The second kappa shape index (κ2) is 12.8. The van der Waals surface area contributed by atoms with E-state index in [0.29, 0.717) is 35.8 Å². The molecular formula is C26H40N4O6Si. The number of amides is 2. The smallest absolute Gasteiger partial charge is 0.411 e. The molecule has 3 N–H and O–H groups in total. The summed E-state index contributed by atoms with van der Waals surface area (Å²) in [5, 5.41) is 16.1. The van der Waals surface area contributed by atoms with Crippen molar-refractivity contribution in [1.29, 1.82) is 0 Å². The number of benzene rings is 1. The molecule has 0 spiro atoms. The molecule has 37 heavy (non-hydrogen) atoms. The van der Waals surface area contributed by atoms with Gasteiger partial charge in [0.25, 0.3) is 0 Å². The lowest BCUT2D eigenvalue weighted by Gasteiger charge is -2.23. The van der Waals surface area contributed by atoms with Gasteiger partial charge in [0.05, 0.1) is 18.8 Å². The molecular weight excluding hydrogens is 492 g/mol. The average Bonchev–Trinajstić information content (AvgIpc) is 3.18. The Labute approximate surface area is 220 Å². The first-order valence-electron chi connectivity index (χ1n) is 12.2. The molecule has 1 aromatic heterocycles. The van der Waals surface area contributed by atoms with Gasteiger partial charge in [-0.15, -0.1) is 6.58 Å². The van der Waals surface area contributed by atoms with E-state index in [1.807, 2.05) is 4.57 Å². The average molecular weight is 533 g/mol. The summed E-state index contributed by atoms with van der Waals surface area (Å²) >= 11 is 0. The van der Waals surface area contributed by atoms with Gasteiger partial charge < -0.3 is 29.2 Å². The topological polar surface area (TPSA) is 124 Å². The van der Waals surface area contributed by atoms with Gasteiger partial charge in [0.15, 0.2) is 0 Å². The van der Waals surface area contributed by atoms with E-state index < -0.39 is 31.9 Å². The van der Waals surface area contributed by atoms with E-state index in [1.54, 1.807) is 45.2 Å². The molecule has 2 aromatic rings. The molecule has 1 heterocycles. The molecule has 1 atom stereocenters. The van der Waals surface area contributed by atoms with Gasteiger partial charge in [-0.25, -0.2) is 14.6 Å². The molecule has 0 aliphatic carbocycles. The van der Waals surface area contributed by atoms with Gasteiger partial charge in [0, 0.05) is 38.2 Å². The number of anilines is 1. The molecule has 0 bridgehead atoms. The first-order chi connectivity index (χ1) is 17.2. The van der Waals surface area contributed by atoms with E-state index in [-0.39, 0.29) is 12.5 Å². The Hall–Kier alpha value is -3.31. The number of nitrogens with one attached hydrogen (secondary N) is 2. The summed E-state index contributed by atoms with van der Waals surface area (Å²) in [5.74, 6) is 0.454. The van der Waals surface area contributed by atoms with E-state index in [4.69, 9.17) is 14.5 Å². The van der Waals surface area contributed by atoms with Crippen molar-refractivity contribution in [1.82, 2.24) is 14.9 Å². The number of ether oxygens (including phenoxy) is 3. The zero-order valence-corrected chi connectivity index (χ0v) is 23.9. The van der Waals surface area contributed by atoms with Gasteiger partial charge in [0.2, 0.25) is 0 Å². The number of aromatic hydroxyl groups is 1. The number of methoxy groups -OCH3 is 1. The first-order valence-corrected chi connectivity index (χ1v) is 15.9. The van der Waals surface area contributed by atoms with E-state index in [1.165, 1.54) is 13.2 Å². The largest absolute Gasteiger partial charge is 0.507 e. The van der Waals surface area contributed by atoms with Crippen LogP contribution in [0.2, 0.25) is 25.7 Å². The van der Waals surface area contributed by atoms with Crippen LogP contribution in [0.15, 0.2) is 37.1 Å². The fourth-order valence-corrected chi connectivity index (χ4v) is 4.08. The standard InChI is InChI=1S/C26H40N4O6Si/c1-9-10-20(29-25(33)36-26(2,3)4)23-28-21(16-30(23)17-35-13-14-37(6,7)8)19-12-11-18(15-22(19)31)27-24(32)34-5/h9,11-12,15-16,20,31H,1,10,13-14,17H2,2-8H3,(H,27,32)(H,29,33)/t20-/m0/s1. The van der Waals surface area contributed by atoms with E-state index >= 15 is 0 Å². The normalized spacial score (nSPS) is 12.5. The predicted molar refractivity (Wildman–Crippen MR) is 146 cm³/mol. The quantitative estimate of drug-likeness (QED) is 0.187. The van der Waals surface area contributed by atoms with Gasteiger partial charge in [-0.1, -0.05) is 25.7 Å². The van der Waals surface area contributed by atoms with Crippen molar-refractivity contribution in [2.75, 3.05) is 19.0 Å². The highest BCUT2D eigenvalue weighted by molar-refractivity contribution is 6.76. The summed E-state index contributed by atoms with van der Waals surface area (Å²) in [6.45, 7) is 16.9. The number of hydrogen-bond donors (Lipinski definition) is 3. The number of aromatic nitrogens is 2. The predicted octanol–water partition coefficient (Wildman–Crippen LogP) is 5.89. The van der Waals surface area contributed by atoms with Crippen molar-refractivity contribution < 1.29 is 28.9 Å². The van der Waals surface area contributed by atoms with Crippen LogP contribution in [0.3, 0.4) is 0 Å². The molecule has 1 aromatic carbocycles. The minimum absolute atomic E-state index is 0.0786. The van der Waals surface area contributed by atoms with Crippen LogP contribution in [0.25, 0.3) is 11.3 Å². The van der Waals surface area contributed by atoms with E-state index in [2.05, 4.69) is 41.6 Å². The zero-order valence-electron chi connectivity index (χ0n) is 22.9. The Morgan fingerprint density at radius 3 is 2.51 bits per heavy atom. The lowest BCUT2D eigenvalue weighted by atomic mass is 10.1. The van der Waals surface area contributed by atoms with Gasteiger partial charge in [-0.3, -0.25) is 5.32 Å². The number of imidazole rings is 1. The zero-order chi connectivity index (χ0) is 27.8. The van der Waals surface area contributed by atoms with Crippen molar-refractivity contribution in [3.8, 4) is 17.0 Å². The minimum atomic E-state index is -1.27. The van der Waals surface area contributed by atoms with Crippen molar-refractivity contribution in [3.63, 3.8) is 0 Å². The molecule has 11 heteroatoms. The highest BCUT2D eigenvalue weighted by Crippen LogP contribution is 2.32. The Bertz CT molecular complexity index is 1090. The summed E-state index contributed by atoms with van der Waals surface area (Å²) in [6.07, 6.45) is 2.64. The molecule has 0 fully saturated rings. The Kier molecular flexibility index (Phi) is 10.3. The molecule has 0 saturated heterocycles. The lowest BCUT2D eigenvalue weighted by molar-refractivity contribution is 0.0492. The summed E-state index contributed by atoms with van der Waals surface area (Å²) in [5.41, 5.74) is 0.645. The number of carbonyl (C=O) groups is 2. The van der Waals surface area contributed by atoms with Crippen LogP contribution >= 0.6 is 0 Å². The van der Waals surface area contributed by atoms with Gasteiger partial charge in [-0.05, 0) is 45.4 Å². The summed E-state index contributed by atoms with van der Waals surface area (Å²) < 4.78 is 17.8. The highest BCUT2D eigenvalue weighted by atomic mass is 28.3. The first kappa shape index (κ1) is 29.9. The van der Waals surface area contributed by atoms with Crippen molar-refractivity contribution in [2.45, 2.75) is 71.3 Å². The van der Waals surface area contributed by atoms with Crippen LogP contribution < -0.4 is 10.6 Å². The third-order valence-electron chi connectivity index (χ3n) is 5.14. The Balaban J connectivity index is 2.40. The minimum Gasteiger partial charge on any atom is -0.507 e. The number of nitrogens with zero attached hydrogens (tertiary/aromatic N) is 2. The Morgan fingerprint density at radius 2 is 1.95 bits per heavy atom. The summed E-state index contributed by atoms with van der Waals surface area (Å²) in [4.78, 5) is 28.8. The van der Waals surface area contributed by atoms with Crippen LogP contribution in [0.1, 0.15) is 39.1 Å². The number of rotatable bonds is 11. The van der Waals surface area contributed by atoms with Gasteiger partial charge >= 0.3 is 12.2 Å². The highest BCUT2D eigenvalue weighted by Gasteiger charge is 2.25. The Morgan fingerprint density at radius 1 is 1.24 bits per heavy atom. The molecule has 0 aliphatic heterocycles. The van der Waals surface area contributed by atoms with Gasteiger partial charge in [0.1, 0.15) is 23.9 Å². The number of phenolic OH excluding ortho intramolecular Hbond substituents is 1. The third kappa shape index (κ3) is 9.93. The van der Waals surface area contributed by atoms with Crippen LogP contribution in [-0.2, 0) is 20.9 Å². The van der Waals surface area contributed by atoms with Crippen molar-refractivity contribution in [3.05, 3.63) is 42.9 Å². The van der Waals surface area contributed by atoms with Crippen LogP contribution in [0.4, 0.5) is 15.3 Å². The summed E-state index contributed by atoms with van der Waals surface area (Å²) in [7, 11) is -0.0133. The van der Waals surface area contributed by atoms with Crippen molar-refractivity contribution >= 4 is 25.9 Å². The fourth-order valence-electron chi connectivity index (χ4n) is 3.32. The molecule has 0 saturated carbocycles. The number of hydrogen-bond acceptors (Lipinski definition) is 7. The number of alkyl carbamates (subject to hydrolysis) is 1. The molecule has 0 radical (unpaired) electrons. The van der Waals surface area contributed by atoms with Crippen LogP contribution in [-0.4, -0.2) is 54.2 Å². The number of phenols is 1. The van der Waals surface area contributed by atoms with Crippen LogP contribution in [0.5, 0.6) is 5.75 Å². The van der Waals surface area contributed by atoms with E-state index in [9.17, 15) is 14.7 Å².